The number of carbonyl (C=O) groups is 1. The van der Waals surface area contributed by atoms with E-state index in [1.54, 1.807) is 0 Å². The molecule has 1 atom stereocenters. The van der Waals surface area contributed by atoms with E-state index in [9.17, 15) is 4.79 Å². The second kappa shape index (κ2) is 3.67. The van der Waals surface area contributed by atoms with Crippen LogP contribution in [0, 0.1) is 0 Å². The van der Waals surface area contributed by atoms with Gasteiger partial charge in [-0.05, 0) is 39.5 Å². The maximum atomic E-state index is 12.0. The van der Waals surface area contributed by atoms with Gasteiger partial charge in [-0.1, -0.05) is 0 Å². The Kier molecular flexibility index (Phi) is 2.63. The van der Waals surface area contributed by atoms with E-state index >= 15 is 0 Å². The molecule has 1 saturated heterocycles. The number of hydrogen-bond donors (Lipinski definition) is 2. The van der Waals surface area contributed by atoms with Crippen molar-refractivity contribution < 1.29 is 4.79 Å². The van der Waals surface area contributed by atoms with Crippen LogP contribution in [0.15, 0.2) is 0 Å². The number of nitrogens with zero attached hydrogens (tertiary/aromatic N) is 1. The van der Waals surface area contributed by atoms with Crippen LogP contribution in [0.1, 0.15) is 39.5 Å². The highest BCUT2D eigenvalue weighted by atomic mass is 16.2. The number of nitrogens with one attached hydrogen (secondary N) is 1. The van der Waals surface area contributed by atoms with Crippen molar-refractivity contribution in [1.82, 2.24) is 10.2 Å². The van der Waals surface area contributed by atoms with Crippen molar-refractivity contribution in [2.45, 2.75) is 57.2 Å². The van der Waals surface area contributed by atoms with E-state index in [1.165, 1.54) is 0 Å². The molecule has 2 fully saturated rings. The highest BCUT2D eigenvalue weighted by Crippen LogP contribution is 2.27. The molecule has 0 radical (unpaired) electrons. The fourth-order valence-electron chi connectivity index (χ4n) is 2.15. The second-order valence-corrected chi connectivity index (χ2v) is 5.28. The van der Waals surface area contributed by atoms with Crippen molar-refractivity contribution in [3.8, 4) is 0 Å². The summed E-state index contributed by atoms with van der Waals surface area (Å²) < 4.78 is 0. The maximum Gasteiger partial charge on any atom is 0.318 e. The number of hydrogen-bond acceptors (Lipinski definition) is 2. The number of nitrogens with two attached hydrogens (primary N) is 1. The molecule has 15 heavy (non-hydrogen) atoms. The molecule has 1 aliphatic carbocycles. The van der Waals surface area contributed by atoms with Gasteiger partial charge in [-0.2, -0.15) is 0 Å². The summed E-state index contributed by atoms with van der Waals surface area (Å²) in [5.41, 5.74) is 5.85. The predicted octanol–water partition coefficient (Wildman–Crippen LogP) is 1.06. The average Bonchev–Trinajstić information content (AvgIpc) is 2.93. The molecule has 1 aliphatic heterocycles. The van der Waals surface area contributed by atoms with Gasteiger partial charge in [-0.3, -0.25) is 0 Å². The zero-order valence-electron chi connectivity index (χ0n) is 9.62. The number of urea groups is 1. The average molecular weight is 211 g/mol. The van der Waals surface area contributed by atoms with Gasteiger partial charge >= 0.3 is 6.03 Å². The van der Waals surface area contributed by atoms with Crippen LogP contribution < -0.4 is 11.1 Å². The van der Waals surface area contributed by atoms with E-state index in [-0.39, 0.29) is 17.6 Å². The number of likely N-dealkylation sites (tertiary alicyclic amines) is 1. The summed E-state index contributed by atoms with van der Waals surface area (Å²) in [4.78, 5) is 13.9. The van der Waals surface area contributed by atoms with Gasteiger partial charge in [0.2, 0.25) is 0 Å². The summed E-state index contributed by atoms with van der Waals surface area (Å²) in [7, 11) is 0. The Morgan fingerprint density at radius 2 is 2.07 bits per heavy atom. The van der Waals surface area contributed by atoms with Crippen LogP contribution in [0.25, 0.3) is 0 Å². The number of piperidine rings is 1. The lowest BCUT2D eigenvalue weighted by Gasteiger charge is -2.46. The minimum atomic E-state index is -0.211. The van der Waals surface area contributed by atoms with Gasteiger partial charge in [0.15, 0.2) is 0 Å². The van der Waals surface area contributed by atoms with Crippen molar-refractivity contribution in [1.29, 1.82) is 0 Å². The third kappa shape index (κ3) is 2.09. The molecule has 1 saturated carbocycles. The second-order valence-electron chi connectivity index (χ2n) is 5.28. The van der Waals surface area contributed by atoms with Crippen LogP contribution in [0.2, 0.25) is 0 Å². The minimum absolute atomic E-state index is 0.0673. The third-order valence-corrected chi connectivity index (χ3v) is 3.65. The lowest BCUT2D eigenvalue weighted by molar-refractivity contribution is 0.0851. The molecule has 4 nitrogen and oxygen atoms in total. The van der Waals surface area contributed by atoms with Crippen LogP contribution in [-0.4, -0.2) is 35.1 Å². The third-order valence-electron chi connectivity index (χ3n) is 3.65. The van der Waals surface area contributed by atoms with Crippen LogP contribution >= 0.6 is 0 Å². The molecule has 0 spiro atoms. The number of amides is 2. The first kappa shape index (κ1) is 10.7. The molecular formula is C11H21N3O. The van der Waals surface area contributed by atoms with Gasteiger partial charge in [0, 0.05) is 18.6 Å². The molecule has 3 N–H and O–H groups in total. The van der Waals surface area contributed by atoms with Gasteiger partial charge in [-0.15, -0.1) is 0 Å². The van der Waals surface area contributed by atoms with Gasteiger partial charge in [-0.25, -0.2) is 4.79 Å². The van der Waals surface area contributed by atoms with Gasteiger partial charge < -0.3 is 16.0 Å². The van der Waals surface area contributed by atoms with E-state index < -0.39 is 0 Å². The lowest BCUT2D eigenvalue weighted by atomic mass is 9.86. The van der Waals surface area contributed by atoms with Crippen LogP contribution in [-0.2, 0) is 0 Å². The van der Waals surface area contributed by atoms with Crippen LogP contribution in [0.4, 0.5) is 4.79 Å². The van der Waals surface area contributed by atoms with Crippen LogP contribution in [0.3, 0.4) is 0 Å². The molecule has 2 amide bonds. The number of rotatable bonds is 1. The molecule has 86 valence electrons. The maximum absolute atomic E-state index is 12.0. The summed E-state index contributed by atoms with van der Waals surface area (Å²) in [6, 6.07) is 0.584. The molecule has 1 unspecified atom stereocenters. The zero-order chi connectivity index (χ0) is 11.1. The van der Waals surface area contributed by atoms with Crippen molar-refractivity contribution >= 4 is 6.03 Å². The van der Waals surface area contributed by atoms with Gasteiger partial charge in [0.25, 0.3) is 0 Å². The van der Waals surface area contributed by atoms with Crippen molar-refractivity contribution in [3.63, 3.8) is 0 Å². The zero-order valence-corrected chi connectivity index (χ0v) is 9.62. The Bertz CT molecular complexity index is 261. The smallest absolute Gasteiger partial charge is 0.318 e. The summed E-state index contributed by atoms with van der Waals surface area (Å²) in [5.74, 6) is 0. The Labute approximate surface area is 91.2 Å². The first-order valence-corrected chi connectivity index (χ1v) is 5.85. The highest BCUT2D eigenvalue weighted by molar-refractivity contribution is 5.76. The topological polar surface area (TPSA) is 58.4 Å². The molecule has 0 aromatic carbocycles. The molecule has 0 aromatic heterocycles. The first-order valence-electron chi connectivity index (χ1n) is 5.85. The van der Waals surface area contributed by atoms with E-state index in [4.69, 9.17) is 5.73 Å². The SMILES string of the molecule is CC1(C)C(N)CCCN1C(=O)NC1CC1. The van der Waals surface area contributed by atoms with Gasteiger partial charge in [0.05, 0.1) is 5.54 Å². The lowest BCUT2D eigenvalue weighted by Crippen LogP contribution is -2.63. The molecular weight excluding hydrogens is 190 g/mol. The first-order chi connectivity index (χ1) is 7.01. The molecule has 2 aliphatic rings. The summed E-state index contributed by atoms with van der Waals surface area (Å²) in [6.07, 6.45) is 4.29. The molecule has 0 bridgehead atoms. The standard InChI is InChI=1S/C11H21N3O/c1-11(2)9(12)4-3-7-14(11)10(15)13-8-5-6-8/h8-9H,3-7,12H2,1-2H3,(H,13,15). The van der Waals surface area contributed by atoms with Crippen molar-refractivity contribution in [2.75, 3.05) is 6.54 Å². The van der Waals surface area contributed by atoms with E-state index in [0.717, 1.165) is 32.2 Å². The van der Waals surface area contributed by atoms with Crippen molar-refractivity contribution in [2.24, 2.45) is 5.73 Å². The largest absolute Gasteiger partial charge is 0.335 e. The fraction of sp³-hybridized carbons (Fsp3) is 0.909. The van der Waals surface area contributed by atoms with Crippen molar-refractivity contribution in [3.05, 3.63) is 0 Å². The monoisotopic (exact) mass is 211 g/mol. The Hall–Kier alpha value is -0.770. The fourth-order valence-corrected chi connectivity index (χ4v) is 2.15. The minimum Gasteiger partial charge on any atom is -0.335 e. The Morgan fingerprint density at radius 3 is 2.67 bits per heavy atom. The normalized spacial score (nSPS) is 30.1. The highest BCUT2D eigenvalue weighted by Gasteiger charge is 2.40. The van der Waals surface area contributed by atoms with E-state index in [2.05, 4.69) is 19.2 Å². The Balaban J connectivity index is 2.01. The predicted molar refractivity (Wildman–Crippen MR) is 59.5 cm³/mol. The van der Waals surface area contributed by atoms with E-state index in [0.29, 0.717) is 6.04 Å². The Morgan fingerprint density at radius 1 is 1.40 bits per heavy atom. The van der Waals surface area contributed by atoms with Crippen LogP contribution in [0.5, 0.6) is 0 Å². The molecule has 1 heterocycles. The number of carbonyl (C=O) groups excluding carboxylic acids is 1. The summed E-state index contributed by atoms with van der Waals surface area (Å²) >= 11 is 0. The molecule has 4 heteroatoms. The summed E-state index contributed by atoms with van der Waals surface area (Å²) in [6.45, 7) is 4.95. The molecule has 0 aromatic rings. The van der Waals surface area contributed by atoms with E-state index in [1.807, 2.05) is 4.90 Å². The summed E-state index contributed by atoms with van der Waals surface area (Å²) in [5, 5.41) is 3.03. The molecule has 2 rings (SSSR count). The van der Waals surface area contributed by atoms with Gasteiger partial charge in [0.1, 0.15) is 0 Å². The quantitative estimate of drug-likeness (QED) is 0.681.